The first-order valence-electron chi connectivity index (χ1n) is 18.4. The van der Waals surface area contributed by atoms with E-state index >= 15 is 0 Å². The van der Waals surface area contributed by atoms with Gasteiger partial charge in [0, 0.05) is 17.8 Å². The van der Waals surface area contributed by atoms with Gasteiger partial charge in [-0.15, -0.1) is 0 Å². The Kier molecular flexibility index (Phi) is 12.1. The van der Waals surface area contributed by atoms with Gasteiger partial charge in [-0.1, -0.05) is 66.7 Å². The highest BCUT2D eigenvalue weighted by Crippen LogP contribution is 2.29. The number of carbonyl (C=O) groups excluding carboxylic acids is 6. The van der Waals surface area contributed by atoms with Crippen LogP contribution in [0.4, 0.5) is 11.4 Å². The largest absolute Gasteiger partial charge is 0.457 e. The molecule has 0 bridgehead atoms. The summed E-state index contributed by atoms with van der Waals surface area (Å²) in [6.07, 6.45) is -0.109. The second-order valence-corrected chi connectivity index (χ2v) is 13.1. The smallest absolute Gasteiger partial charge is 0.338 e. The molecule has 7 rings (SSSR count). The van der Waals surface area contributed by atoms with E-state index < -0.39 is 54.8 Å². The minimum atomic E-state index is -1.45. The SMILES string of the molecule is O=C(COC(=O)c1ccc2c(c1)C(=O)N(C(Cc1ccccc1)C(=O)OCC(=O)Nc1ccc(Oc3ccccc3)cc1)C2=O)Nc1ccc(Oc2ccccc2)cc1. The Hall–Kier alpha value is -8.06. The van der Waals surface area contributed by atoms with E-state index in [-0.39, 0.29) is 23.1 Å². The third-order valence-corrected chi connectivity index (χ3v) is 8.92. The van der Waals surface area contributed by atoms with Crippen molar-refractivity contribution in [3.05, 3.63) is 180 Å². The third-order valence-electron chi connectivity index (χ3n) is 8.92. The molecule has 1 heterocycles. The van der Waals surface area contributed by atoms with Gasteiger partial charge in [0.05, 0.1) is 16.7 Å². The number of amides is 4. The topological polar surface area (TPSA) is 167 Å². The number of esters is 2. The summed E-state index contributed by atoms with van der Waals surface area (Å²) in [5.41, 5.74) is 1.19. The van der Waals surface area contributed by atoms with Crippen molar-refractivity contribution in [1.82, 2.24) is 4.90 Å². The number of imide groups is 1. The van der Waals surface area contributed by atoms with Gasteiger partial charge in [-0.25, -0.2) is 9.59 Å². The standard InChI is InChI=1S/C46H35N3O10/c50-41(47-32-17-21-36(22-18-32)58-34-12-6-2-7-13-34)28-56-45(54)31-16-25-38-39(27-31)44(53)49(43(38)52)40(26-30-10-4-1-5-11-30)46(55)57-29-42(51)48-33-19-23-37(24-20-33)59-35-14-8-3-9-15-35/h1-25,27,40H,26,28-29H2,(H,47,50)(H,48,51). The van der Waals surface area contributed by atoms with Gasteiger partial charge in [0.15, 0.2) is 13.2 Å². The Bertz CT molecular complexity index is 2480. The maximum atomic E-state index is 13.8. The Balaban J connectivity index is 0.958. The van der Waals surface area contributed by atoms with Gasteiger partial charge in [-0.05, 0) is 96.6 Å². The number of para-hydroxylation sites is 2. The lowest BCUT2D eigenvalue weighted by Gasteiger charge is -2.24. The van der Waals surface area contributed by atoms with Gasteiger partial charge in [0.1, 0.15) is 29.0 Å². The molecule has 0 aliphatic carbocycles. The predicted octanol–water partition coefficient (Wildman–Crippen LogP) is 7.46. The van der Waals surface area contributed by atoms with Gasteiger partial charge >= 0.3 is 11.9 Å². The van der Waals surface area contributed by atoms with Crippen molar-refractivity contribution in [2.45, 2.75) is 12.5 Å². The van der Waals surface area contributed by atoms with Gasteiger partial charge in [-0.3, -0.25) is 24.1 Å². The zero-order valence-corrected chi connectivity index (χ0v) is 31.2. The molecule has 0 aromatic heterocycles. The van der Waals surface area contributed by atoms with E-state index in [1.807, 2.05) is 60.7 Å². The number of rotatable bonds is 15. The highest BCUT2D eigenvalue weighted by molar-refractivity contribution is 6.23. The average molecular weight is 790 g/mol. The molecule has 294 valence electrons. The van der Waals surface area contributed by atoms with E-state index in [0.29, 0.717) is 39.9 Å². The molecule has 13 nitrogen and oxygen atoms in total. The number of carbonyl (C=O) groups is 6. The van der Waals surface area contributed by atoms with Crippen LogP contribution in [0.2, 0.25) is 0 Å². The van der Waals surface area contributed by atoms with Crippen LogP contribution in [0.1, 0.15) is 36.6 Å². The number of benzene rings is 6. The summed E-state index contributed by atoms with van der Waals surface area (Å²) >= 11 is 0. The maximum absolute atomic E-state index is 13.8. The fourth-order valence-electron chi connectivity index (χ4n) is 6.09. The predicted molar refractivity (Wildman–Crippen MR) is 215 cm³/mol. The van der Waals surface area contributed by atoms with E-state index in [0.717, 1.165) is 4.90 Å². The van der Waals surface area contributed by atoms with Crippen LogP contribution in [0.25, 0.3) is 0 Å². The van der Waals surface area contributed by atoms with Crippen molar-refractivity contribution in [2.24, 2.45) is 0 Å². The monoisotopic (exact) mass is 789 g/mol. The Morgan fingerprint density at radius 3 is 1.49 bits per heavy atom. The molecule has 13 heteroatoms. The quantitative estimate of drug-likeness (QED) is 0.0788. The summed E-state index contributed by atoms with van der Waals surface area (Å²) < 4.78 is 22.1. The highest BCUT2D eigenvalue weighted by Gasteiger charge is 2.44. The summed E-state index contributed by atoms with van der Waals surface area (Å²) in [6, 6.07) is 42.5. The van der Waals surface area contributed by atoms with E-state index in [4.69, 9.17) is 18.9 Å². The number of hydrogen-bond donors (Lipinski definition) is 2. The fourth-order valence-corrected chi connectivity index (χ4v) is 6.09. The van der Waals surface area contributed by atoms with Gasteiger partial charge in [0.2, 0.25) is 0 Å². The zero-order valence-electron chi connectivity index (χ0n) is 31.2. The van der Waals surface area contributed by atoms with Crippen LogP contribution in [-0.2, 0) is 30.3 Å². The molecule has 4 amide bonds. The van der Waals surface area contributed by atoms with Crippen molar-refractivity contribution in [1.29, 1.82) is 0 Å². The van der Waals surface area contributed by atoms with Crippen LogP contribution in [0.15, 0.2) is 158 Å². The van der Waals surface area contributed by atoms with Crippen LogP contribution in [0, 0.1) is 0 Å². The maximum Gasteiger partial charge on any atom is 0.338 e. The highest BCUT2D eigenvalue weighted by atomic mass is 16.5. The first-order chi connectivity index (χ1) is 28.7. The average Bonchev–Trinajstić information content (AvgIpc) is 3.51. The number of nitrogens with one attached hydrogen (secondary N) is 2. The molecular formula is C46H35N3O10. The van der Waals surface area contributed by atoms with Crippen molar-refractivity contribution in [3.63, 3.8) is 0 Å². The van der Waals surface area contributed by atoms with E-state index in [1.54, 1.807) is 78.9 Å². The first-order valence-corrected chi connectivity index (χ1v) is 18.4. The lowest BCUT2D eigenvalue weighted by molar-refractivity contribution is -0.151. The van der Waals surface area contributed by atoms with Crippen LogP contribution >= 0.6 is 0 Å². The molecule has 0 saturated carbocycles. The van der Waals surface area contributed by atoms with Crippen LogP contribution < -0.4 is 20.1 Å². The summed E-state index contributed by atoms with van der Waals surface area (Å²) in [5.74, 6) is -2.41. The number of fused-ring (bicyclic) bond motifs is 1. The first kappa shape index (κ1) is 39.2. The fraction of sp³-hybridized carbons (Fsp3) is 0.0870. The lowest BCUT2D eigenvalue weighted by Crippen LogP contribution is -2.47. The Morgan fingerprint density at radius 1 is 0.508 bits per heavy atom. The lowest BCUT2D eigenvalue weighted by atomic mass is 10.0. The zero-order chi connectivity index (χ0) is 41.1. The van der Waals surface area contributed by atoms with Crippen LogP contribution in [0.5, 0.6) is 23.0 Å². The van der Waals surface area contributed by atoms with Crippen molar-refractivity contribution < 1.29 is 47.7 Å². The normalized spacial score (nSPS) is 12.2. The number of ether oxygens (including phenoxy) is 4. The molecule has 6 aromatic carbocycles. The van der Waals surface area contributed by atoms with Gasteiger partial charge < -0.3 is 29.6 Å². The number of hydrogen-bond acceptors (Lipinski definition) is 10. The van der Waals surface area contributed by atoms with Crippen molar-refractivity contribution in [3.8, 4) is 23.0 Å². The minimum Gasteiger partial charge on any atom is -0.457 e. The molecule has 59 heavy (non-hydrogen) atoms. The van der Waals surface area contributed by atoms with Crippen molar-refractivity contribution >= 4 is 46.9 Å². The third kappa shape index (κ3) is 10.0. The minimum absolute atomic E-state index is 0.0488. The second kappa shape index (κ2) is 18.3. The molecule has 0 radical (unpaired) electrons. The summed E-state index contributed by atoms with van der Waals surface area (Å²) in [7, 11) is 0. The molecule has 6 aromatic rings. The molecule has 0 spiro atoms. The Labute approximate surface area is 338 Å². The summed E-state index contributed by atoms with van der Waals surface area (Å²) in [6.45, 7) is -1.34. The molecule has 0 fully saturated rings. The van der Waals surface area contributed by atoms with Gasteiger partial charge in [0.25, 0.3) is 23.6 Å². The van der Waals surface area contributed by atoms with E-state index in [2.05, 4.69) is 10.6 Å². The summed E-state index contributed by atoms with van der Waals surface area (Å²) in [4.78, 5) is 80.3. The van der Waals surface area contributed by atoms with E-state index in [9.17, 15) is 28.8 Å². The molecule has 1 unspecified atom stereocenters. The number of anilines is 2. The number of nitrogens with zero attached hydrogens (tertiary/aromatic N) is 1. The molecule has 1 aliphatic rings. The van der Waals surface area contributed by atoms with E-state index in [1.165, 1.54) is 18.2 Å². The molecule has 1 aliphatic heterocycles. The van der Waals surface area contributed by atoms with Gasteiger partial charge in [-0.2, -0.15) is 0 Å². The molecule has 0 saturated heterocycles. The second-order valence-electron chi connectivity index (χ2n) is 13.1. The molecular weight excluding hydrogens is 755 g/mol. The molecule has 2 N–H and O–H groups in total. The summed E-state index contributed by atoms with van der Waals surface area (Å²) in [5, 5.41) is 5.27. The Morgan fingerprint density at radius 2 is 0.966 bits per heavy atom. The van der Waals surface area contributed by atoms with Crippen LogP contribution in [-0.4, -0.2) is 59.7 Å². The van der Waals surface area contributed by atoms with Crippen LogP contribution in [0.3, 0.4) is 0 Å². The molecule has 1 atom stereocenters. The van der Waals surface area contributed by atoms with Crippen molar-refractivity contribution in [2.75, 3.05) is 23.8 Å².